The Balaban J connectivity index is 1.72. The molecule has 0 aliphatic carbocycles. The van der Waals surface area contributed by atoms with Gasteiger partial charge in [-0.1, -0.05) is 23.7 Å². The Hall–Kier alpha value is -3.12. The van der Waals surface area contributed by atoms with E-state index in [1.54, 1.807) is 63.4 Å². The van der Waals surface area contributed by atoms with Gasteiger partial charge in [-0.05, 0) is 62.7 Å². The predicted octanol–water partition coefficient (Wildman–Crippen LogP) is 5.12. The molecule has 6 nitrogen and oxygen atoms in total. The second-order valence-electron chi connectivity index (χ2n) is 7.19. The van der Waals surface area contributed by atoms with Crippen LogP contribution >= 0.6 is 11.6 Å². The highest BCUT2D eigenvalue weighted by molar-refractivity contribution is 6.30. The van der Waals surface area contributed by atoms with E-state index < -0.39 is 11.7 Å². The van der Waals surface area contributed by atoms with E-state index in [-0.39, 0.29) is 5.91 Å². The van der Waals surface area contributed by atoms with Gasteiger partial charge >= 0.3 is 6.09 Å². The summed E-state index contributed by atoms with van der Waals surface area (Å²) < 4.78 is 6.54. The van der Waals surface area contributed by atoms with Crippen molar-refractivity contribution in [3.8, 4) is 0 Å². The molecular formula is C21H20ClN3O3. The smallest absolute Gasteiger partial charge is 0.435 e. The minimum absolute atomic E-state index is 0.279. The van der Waals surface area contributed by atoms with Gasteiger partial charge in [0.25, 0.3) is 0 Å². The van der Waals surface area contributed by atoms with Gasteiger partial charge in [0.05, 0.1) is 11.7 Å². The Kier molecular flexibility index (Phi) is 5.51. The highest BCUT2D eigenvalue weighted by Crippen LogP contribution is 2.20. The Morgan fingerprint density at radius 3 is 2.68 bits per heavy atom. The molecule has 1 aromatic heterocycles. The number of nitrogens with one attached hydrogen (secondary N) is 1. The number of benzene rings is 2. The first-order valence-corrected chi connectivity index (χ1v) is 9.05. The van der Waals surface area contributed by atoms with E-state index in [0.717, 1.165) is 5.56 Å². The molecule has 0 radical (unpaired) electrons. The minimum Gasteiger partial charge on any atom is -0.442 e. The Morgan fingerprint density at radius 1 is 1.18 bits per heavy atom. The molecule has 3 aromatic rings. The summed E-state index contributed by atoms with van der Waals surface area (Å²) >= 11 is 5.93. The molecule has 0 unspecified atom stereocenters. The Labute approximate surface area is 167 Å². The first kappa shape index (κ1) is 19.6. The van der Waals surface area contributed by atoms with Crippen molar-refractivity contribution in [1.29, 1.82) is 0 Å². The molecule has 1 amide bonds. The number of halogens is 1. The second kappa shape index (κ2) is 7.86. The van der Waals surface area contributed by atoms with Crippen LogP contribution in [0.25, 0.3) is 17.0 Å². The summed E-state index contributed by atoms with van der Waals surface area (Å²) in [5, 5.41) is 8.19. The number of carbonyl (C=O) groups excluding carboxylic acids is 2. The molecule has 1 heterocycles. The minimum atomic E-state index is -0.613. The molecular weight excluding hydrogens is 378 g/mol. The van der Waals surface area contributed by atoms with Gasteiger partial charge in [-0.25, -0.2) is 4.79 Å². The molecule has 2 aromatic carbocycles. The van der Waals surface area contributed by atoms with Crippen molar-refractivity contribution in [2.24, 2.45) is 0 Å². The van der Waals surface area contributed by atoms with Gasteiger partial charge < -0.3 is 10.1 Å². The van der Waals surface area contributed by atoms with Crippen LogP contribution in [0.15, 0.2) is 54.7 Å². The van der Waals surface area contributed by atoms with Gasteiger partial charge in [0, 0.05) is 22.2 Å². The lowest BCUT2D eigenvalue weighted by Gasteiger charge is -2.19. The topological polar surface area (TPSA) is 73.2 Å². The Morgan fingerprint density at radius 2 is 1.96 bits per heavy atom. The van der Waals surface area contributed by atoms with Crippen molar-refractivity contribution < 1.29 is 14.3 Å². The third kappa shape index (κ3) is 4.98. The van der Waals surface area contributed by atoms with E-state index >= 15 is 0 Å². The maximum absolute atomic E-state index is 12.2. The van der Waals surface area contributed by atoms with Crippen molar-refractivity contribution >= 4 is 46.3 Å². The van der Waals surface area contributed by atoms with Crippen LogP contribution in [0, 0.1) is 0 Å². The monoisotopic (exact) mass is 397 g/mol. The predicted molar refractivity (Wildman–Crippen MR) is 110 cm³/mol. The van der Waals surface area contributed by atoms with Crippen LogP contribution < -0.4 is 5.32 Å². The number of carbonyl (C=O) groups is 2. The number of amides is 1. The standard InChI is InChI=1S/C21H20ClN3O3/c1-21(2,3)28-20(27)25-18-9-8-17(12-15(18)13-23-25)24-19(26)10-7-14-5-4-6-16(22)11-14/h4-13H,1-3H3,(H,24,26)/b10-7+. The highest BCUT2D eigenvalue weighted by atomic mass is 35.5. The third-order valence-corrected chi connectivity index (χ3v) is 3.91. The SMILES string of the molecule is CC(C)(C)OC(=O)n1ncc2cc(NC(=O)/C=C/c3cccc(Cl)c3)ccc21. The normalized spacial score (nSPS) is 11.7. The maximum atomic E-state index is 12.2. The molecule has 144 valence electrons. The van der Waals surface area contributed by atoms with Crippen LogP contribution in [-0.2, 0) is 9.53 Å². The summed E-state index contributed by atoms with van der Waals surface area (Å²) in [4.78, 5) is 24.4. The lowest BCUT2D eigenvalue weighted by atomic mass is 10.2. The molecule has 0 bridgehead atoms. The fourth-order valence-corrected chi connectivity index (χ4v) is 2.73. The van der Waals surface area contributed by atoms with E-state index in [2.05, 4.69) is 10.4 Å². The van der Waals surface area contributed by atoms with E-state index in [9.17, 15) is 9.59 Å². The third-order valence-electron chi connectivity index (χ3n) is 3.68. The number of aromatic nitrogens is 2. The average Bonchev–Trinajstić information content (AvgIpc) is 3.02. The number of rotatable bonds is 3. The van der Waals surface area contributed by atoms with Crippen molar-refractivity contribution in [1.82, 2.24) is 9.78 Å². The summed E-state index contributed by atoms with van der Waals surface area (Å²) in [7, 11) is 0. The number of fused-ring (bicyclic) bond motifs is 1. The van der Waals surface area contributed by atoms with E-state index in [1.807, 2.05) is 12.1 Å². The van der Waals surface area contributed by atoms with Gasteiger partial charge in [0.2, 0.25) is 5.91 Å². The summed E-state index contributed by atoms with van der Waals surface area (Å²) in [6.07, 6.45) is 4.11. The summed E-state index contributed by atoms with van der Waals surface area (Å²) in [5.41, 5.74) is 1.41. The van der Waals surface area contributed by atoms with Crippen LogP contribution in [-0.4, -0.2) is 27.4 Å². The zero-order chi connectivity index (χ0) is 20.3. The lowest BCUT2D eigenvalue weighted by Crippen LogP contribution is -2.27. The van der Waals surface area contributed by atoms with Gasteiger partial charge in [0.1, 0.15) is 5.60 Å². The van der Waals surface area contributed by atoms with Gasteiger partial charge in [-0.3, -0.25) is 4.79 Å². The van der Waals surface area contributed by atoms with Crippen molar-refractivity contribution in [2.75, 3.05) is 5.32 Å². The number of anilines is 1. The molecule has 1 N–H and O–H groups in total. The quantitative estimate of drug-likeness (QED) is 0.622. The van der Waals surface area contributed by atoms with Crippen molar-refractivity contribution in [3.05, 3.63) is 65.3 Å². The van der Waals surface area contributed by atoms with Crippen molar-refractivity contribution in [3.63, 3.8) is 0 Å². The van der Waals surface area contributed by atoms with Gasteiger partial charge in [-0.15, -0.1) is 0 Å². The first-order chi connectivity index (χ1) is 13.2. The number of hydrogen-bond acceptors (Lipinski definition) is 4. The van der Waals surface area contributed by atoms with Crippen LogP contribution in [0.3, 0.4) is 0 Å². The molecule has 0 aliphatic rings. The summed E-state index contributed by atoms with van der Waals surface area (Å²) in [6, 6.07) is 12.4. The largest absolute Gasteiger partial charge is 0.442 e. The molecule has 0 saturated carbocycles. The highest BCUT2D eigenvalue weighted by Gasteiger charge is 2.20. The van der Waals surface area contributed by atoms with Crippen LogP contribution in [0.1, 0.15) is 26.3 Å². The molecule has 3 rings (SSSR count). The number of hydrogen-bond donors (Lipinski definition) is 1. The van der Waals surface area contributed by atoms with Gasteiger partial charge in [-0.2, -0.15) is 9.78 Å². The molecule has 0 saturated heterocycles. The zero-order valence-electron chi connectivity index (χ0n) is 15.8. The molecule has 0 aliphatic heterocycles. The second-order valence-corrected chi connectivity index (χ2v) is 7.62. The van der Waals surface area contributed by atoms with Crippen molar-refractivity contribution in [2.45, 2.75) is 26.4 Å². The zero-order valence-corrected chi connectivity index (χ0v) is 16.5. The average molecular weight is 398 g/mol. The summed E-state index contributed by atoms with van der Waals surface area (Å²) in [5.74, 6) is -0.279. The van der Waals surface area contributed by atoms with Crippen LogP contribution in [0.5, 0.6) is 0 Å². The molecule has 0 fully saturated rings. The molecule has 0 atom stereocenters. The summed E-state index contributed by atoms with van der Waals surface area (Å²) in [6.45, 7) is 5.38. The number of nitrogens with zero attached hydrogens (tertiary/aromatic N) is 2. The Bertz CT molecular complexity index is 1060. The molecule has 0 spiro atoms. The molecule has 7 heteroatoms. The maximum Gasteiger partial charge on any atom is 0.435 e. The van der Waals surface area contributed by atoms with Gasteiger partial charge in [0.15, 0.2) is 0 Å². The fraction of sp³-hybridized carbons (Fsp3) is 0.190. The lowest BCUT2D eigenvalue weighted by molar-refractivity contribution is -0.111. The first-order valence-electron chi connectivity index (χ1n) is 8.67. The van der Waals surface area contributed by atoms with E-state index in [1.165, 1.54) is 10.8 Å². The van der Waals surface area contributed by atoms with Crippen LogP contribution in [0.2, 0.25) is 5.02 Å². The van der Waals surface area contributed by atoms with Crippen LogP contribution in [0.4, 0.5) is 10.5 Å². The fourth-order valence-electron chi connectivity index (χ4n) is 2.53. The van der Waals surface area contributed by atoms with E-state index in [0.29, 0.717) is 21.6 Å². The molecule has 28 heavy (non-hydrogen) atoms. The number of ether oxygens (including phenoxy) is 1. The van der Waals surface area contributed by atoms with E-state index in [4.69, 9.17) is 16.3 Å².